The van der Waals surface area contributed by atoms with Crippen LogP contribution in [0.3, 0.4) is 0 Å². The number of rotatable bonds is 7. The number of aryl methyl sites for hydroxylation is 1. The molecule has 1 aromatic carbocycles. The van der Waals surface area contributed by atoms with Gasteiger partial charge in [0.2, 0.25) is 5.91 Å². The summed E-state index contributed by atoms with van der Waals surface area (Å²) in [7, 11) is 0. The van der Waals surface area contributed by atoms with Gasteiger partial charge in [-0.2, -0.15) is 0 Å². The molecule has 4 rings (SSSR count). The van der Waals surface area contributed by atoms with E-state index in [2.05, 4.69) is 20.5 Å². The van der Waals surface area contributed by atoms with Gasteiger partial charge in [0.25, 0.3) is 0 Å². The van der Waals surface area contributed by atoms with Crippen LogP contribution in [0.4, 0.5) is 10.8 Å². The van der Waals surface area contributed by atoms with Crippen molar-refractivity contribution in [3.8, 4) is 0 Å². The van der Waals surface area contributed by atoms with Gasteiger partial charge in [0.15, 0.2) is 5.13 Å². The van der Waals surface area contributed by atoms with Crippen LogP contribution in [-0.2, 0) is 9.53 Å². The van der Waals surface area contributed by atoms with Gasteiger partial charge in [-0.25, -0.2) is 4.98 Å². The summed E-state index contributed by atoms with van der Waals surface area (Å²) in [5.74, 6) is 0.398. The molecule has 2 N–H and O–H groups in total. The summed E-state index contributed by atoms with van der Waals surface area (Å²) in [6, 6.07) is 11.6. The van der Waals surface area contributed by atoms with Gasteiger partial charge in [-0.05, 0) is 43.7 Å². The molecule has 2 atom stereocenters. The number of benzene rings is 1. The zero-order valence-corrected chi connectivity index (χ0v) is 17.9. The van der Waals surface area contributed by atoms with Crippen LogP contribution >= 0.6 is 11.3 Å². The Morgan fingerprint density at radius 3 is 2.60 bits per heavy atom. The topological polar surface area (TPSA) is 79.6 Å². The van der Waals surface area contributed by atoms with Gasteiger partial charge in [-0.3, -0.25) is 9.69 Å². The molecule has 8 heteroatoms. The molecule has 7 nitrogen and oxygen atoms in total. The average molecular weight is 427 g/mol. The molecule has 0 bridgehead atoms. The normalized spacial score (nSPS) is 16.7. The molecule has 1 aliphatic rings. The van der Waals surface area contributed by atoms with Crippen LogP contribution in [-0.4, -0.2) is 42.1 Å². The minimum absolute atomic E-state index is 0.0425. The number of nitrogens with one attached hydrogen (secondary N) is 2. The van der Waals surface area contributed by atoms with Crippen LogP contribution in [0.5, 0.6) is 0 Å². The molecular formula is C22H26N4O3S. The molecule has 0 aliphatic carbocycles. The van der Waals surface area contributed by atoms with E-state index in [1.807, 2.05) is 55.6 Å². The Morgan fingerprint density at radius 1 is 1.20 bits per heavy atom. The van der Waals surface area contributed by atoms with Crippen LogP contribution in [0.15, 0.2) is 52.5 Å². The van der Waals surface area contributed by atoms with Crippen molar-refractivity contribution in [2.75, 3.05) is 31.6 Å². The largest absolute Gasteiger partial charge is 0.466 e. The second-order valence-corrected chi connectivity index (χ2v) is 8.20. The van der Waals surface area contributed by atoms with E-state index in [4.69, 9.17) is 9.15 Å². The smallest absolute Gasteiger partial charge is 0.228 e. The van der Waals surface area contributed by atoms with Gasteiger partial charge < -0.3 is 19.8 Å². The van der Waals surface area contributed by atoms with Gasteiger partial charge in [0.1, 0.15) is 11.9 Å². The van der Waals surface area contributed by atoms with E-state index in [0.717, 1.165) is 40.9 Å². The number of hydrogen-bond acceptors (Lipinski definition) is 7. The van der Waals surface area contributed by atoms with E-state index in [9.17, 15) is 4.79 Å². The molecule has 1 aliphatic heterocycles. The summed E-state index contributed by atoms with van der Waals surface area (Å²) >= 11 is 1.57. The summed E-state index contributed by atoms with van der Waals surface area (Å²) in [6.07, 6.45) is 1.33. The van der Waals surface area contributed by atoms with Crippen LogP contribution < -0.4 is 10.6 Å². The maximum absolute atomic E-state index is 13.0. The number of morpholine rings is 1. The number of thiazole rings is 1. The molecule has 0 radical (unpaired) electrons. The quantitative estimate of drug-likeness (QED) is 0.594. The Labute approximate surface area is 180 Å². The fraction of sp³-hybridized carbons (Fsp3) is 0.364. The van der Waals surface area contributed by atoms with E-state index in [1.54, 1.807) is 17.6 Å². The van der Waals surface area contributed by atoms with E-state index in [0.29, 0.717) is 13.2 Å². The zero-order chi connectivity index (χ0) is 20.9. The Morgan fingerprint density at radius 2 is 1.97 bits per heavy atom. The molecule has 1 amide bonds. The summed E-state index contributed by atoms with van der Waals surface area (Å²) < 4.78 is 11.0. The number of aromatic nitrogens is 1. The van der Waals surface area contributed by atoms with E-state index in [-0.39, 0.29) is 18.0 Å². The third-order valence-electron chi connectivity index (χ3n) is 5.18. The van der Waals surface area contributed by atoms with Gasteiger partial charge in [0.05, 0.1) is 31.1 Å². The third-order valence-corrected chi connectivity index (χ3v) is 6.05. The average Bonchev–Trinajstić information content (AvgIpc) is 3.44. The number of carbonyl (C=O) groups is 1. The summed E-state index contributed by atoms with van der Waals surface area (Å²) in [5.41, 5.74) is 2.90. The second kappa shape index (κ2) is 9.42. The molecule has 2 aromatic heterocycles. The number of amides is 1. The molecule has 3 aromatic rings. The molecule has 0 spiro atoms. The van der Waals surface area contributed by atoms with Gasteiger partial charge in [0, 0.05) is 24.2 Å². The molecule has 2 unspecified atom stereocenters. The molecule has 0 saturated carbocycles. The fourth-order valence-corrected chi connectivity index (χ4v) is 4.13. The lowest BCUT2D eigenvalue weighted by Crippen LogP contribution is -2.47. The van der Waals surface area contributed by atoms with Crippen LogP contribution in [0.25, 0.3) is 0 Å². The van der Waals surface area contributed by atoms with Crippen molar-refractivity contribution in [3.05, 3.63) is 65.1 Å². The summed E-state index contributed by atoms with van der Waals surface area (Å²) in [6.45, 7) is 6.68. The van der Waals surface area contributed by atoms with Crippen molar-refractivity contribution in [1.82, 2.24) is 15.2 Å². The van der Waals surface area contributed by atoms with Crippen LogP contribution in [0.1, 0.15) is 36.0 Å². The van der Waals surface area contributed by atoms with E-state index in [1.165, 1.54) is 0 Å². The van der Waals surface area contributed by atoms with Gasteiger partial charge >= 0.3 is 0 Å². The highest BCUT2D eigenvalue weighted by Gasteiger charge is 2.28. The lowest BCUT2D eigenvalue weighted by molar-refractivity contribution is -0.125. The lowest BCUT2D eigenvalue weighted by atomic mass is 10.00. The molecule has 158 valence electrons. The first-order valence-corrected chi connectivity index (χ1v) is 10.9. The van der Waals surface area contributed by atoms with Crippen molar-refractivity contribution < 1.29 is 13.9 Å². The Balaban J connectivity index is 1.42. The van der Waals surface area contributed by atoms with Crippen molar-refractivity contribution in [3.63, 3.8) is 0 Å². The van der Waals surface area contributed by atoms with Crippen molar-refractivity contribution >= 4 is 28.1 Å². The predicted octanol–water partition coefficient (Wildman–Crippen LogP) is 4.04. The fourth-order valence-electron chi connectivity index (χ4n) is 3.43. The molecule has 3 heterocycles. The first-order chi connectivity index (χ1) is 14.6. The van der Waals surface area contributed by atoms with Crippen molar-refractivity contribution in [2.24, 2.45) is 0 Å². The molecule has 30 heavy (non-hydrogen) atoms. The number of ether oxygens (including phenoxy) is 1. The van der Waals surface area contributed by atoms with Gasteiger partial charge in [-0.1, -0.05) is 12.1 Å². The molecule has 1 saturated heterocycles. The highest BCUT2D eigenvalue weighted by molar-refractivity contribution is 7.13. The monoisotopic (exact) mass is 426 g/mol. The summed E-state index contributed by atoms with van der Waals surface area (Å²) in [4.78, 5) is 19.6. The number of anilines is 2. The standard InChI is InChI=1S/C22H26N4O3S/c1-15-14-30-22(23-15)24-18-7-5-17(6-8-18)16(2)21(27)25-20(19-4-3-11-29-19)26-9-12-28-13-10-26/h3-8,11,14,16,20H,9-10,12-13H2,1-2H3,(H,23,24)(H,25,27). The number of carbonyl (C=O) groups excluding carboxylic acids is 1. The predicted molar refractivity (Wildman–Crippen MR) is 117 cm³/mol. The first kappa shape index (κ1) is 20.6. The highest BCUT2D eigenvalue weighted by Crippen LogP contribution is 2.25. The van der Waals surface area contributed by atoms with Crippen molar-refractivity contribution in [2.45, 2.75) is 25.9 Å². The molecule has 1 fully saturated rings. The minimum Gasteiger partial charge on any atom is -0.466 e. The number of hydrogen-bond donors (Lipinski definition) is 2. The van der Waals surface area contributed by atoms with Crippen LogP contribution in [0, 0.1) is 6.92 Å². The van der Waals surface area contributed by atoms with E-state index >= 15 is 0 Å². The third kappa shape index (κ3) is 4.89. The SMILES string of the molecule is Cc1csc(Nc2ccc(C(C)C(=O)NC(c3ccco3)N3CCOCC3)cc2)n1. The van der Waals surface area contributed by atoms with Crippen molar-refractivity contribution in [1.29, 1.82) is 0 Å². The number of nitrogens with zero attached hydrogens (tertiary/aromatic N) is 2. The minimum atomic E-state index is -0.298. The second-order valence-electron chi connectivity index (χ2n) is 7.34. The zero-order valence-electron chi connectivity index (χ0n) is 17.1. The maximum Gasteiger partial charge on any atom is 0.228 e. The summed E-state index contributed by atoms with van der Waals surface area (Å²) in [5, 5.41) is 9.31. The Hall–Kier alpha value is -2.68. The maximum atomic E-state index is 13.0. The highest BCUT2D eigenvalue weighted by atomic mass is 32.1. The van der Waals surface area contributed by atoms with E-state index < -0.39 is 0 Å². The Bertz CT molecular complexity index is 949. The molecular weight excluding hydrogens is 400 g/mol. The lowest BCUT2D eigenvalue weighted by Gasteiger charge is -2.34. The van der Waals surface area contributed by atoms with Crippen LogP contribution in [0.2, 0.25) is 0 Å². The Kier molecular flexibility index (Phi) is 6.47. The first-order valence-electron chi connectivity index (χ1n) is 10.0. The van der Waals surface area contributed by atoms with Gasteiger partial charge in [-0.15, -0.1) is 11.3 Å². The number of furan rings is 1.